The summed E-state index contributed by atoms with van der Waals surface area (Å²) in [6.45, 7) is 3.67. The van der Waals surface area contributed by atoms with Crippen LogP contribution in [0.2, 0.25) is 0 Å². The van der Waals surface area contributed by atoms with Gasteiger partial charge < -0.3 is 5.32 Å². The van der Waals surface area contributed by atoms with E-state index >= 15 is 0 Å². The number of rotatable bonds is 3. The second-order valence-electron chi connectivity index (χ2n) is 5.27. The zero-order chi connectivity index (χ0) is 13.3. The summed E-state index contributed by atoms with van der Waals surface area (Å²) in [6.07, 6.45) is 4.22. The molecule has 0 bridgehead atoms. The Morgan fingerprint density at radius 3 is 2.56 bits per heavy atom. The average molecular weight is 252 g/mol. The summed E-state index contributed by atoms with van der Waals surface area (Å²) in [5.74, 6) is -0.538. The first kappa shape index (κ1) is 12.8. The lowest BCUT2D eigenvalue weighted by Gasteiger charge is -2.26. The first-order valence-electron chi connectivity index (χ1n) is 6.14. The van der Waals surface area contributed by atoms with Crippen molar-refractivity contribution in [1.82, 2.24) is 0 Å². The molecule has 0 unspecified atom stereocenters. The molecule has 1 aliphatic rings. The Bertz CT molecular complexity index is 482. The number of anilines is 1. The normalized spacial score (nSPS) is 17.7. The van der Waals surface area contributed by atoms with Gasteiger partial charge in [0, 0.05) is 5.54 Å². The predicted octanol–water partition coefficient (Wildman–Crippen LogP) is 3.79. The zero-order valence-corrected chi connectivity index (χ0v) is 10.6. The van der Waals surface area contributed by atoms with Gasteiger partial charge >= 0.3 is 0 Å². The molecule has 5 heteroatoms. The van der Waals surface area contributed by atoms with E-state index in [1.807, 2.05) is 0 Å². The molecule has 0 amide bonds. The lowest BCUT2D eigenvalue weighted by atomic mass is 9.99. The highest BCUT2D eigenvalue weighted by Crippen LogP contribution is 2.36. The fraction of sp³-hybridized carbons (Fsp3) is 0.538. The van der Waals surface area contributed by atoms with Crippen LogP contribution < -0.4 is 5.32 Å². The molecule has 1 aromatic carbocycles. The number of aryl methyl sites for hydroxylation is 1. The Labute approximate surface area is 105 Å². The van der Waals surface area contributed by atoms with Crippen molar-refractivity contribution >= 4 is 11.4 Å². The molecule has 0 radical (unpaired) electrons. The summed E-state index contributed by atoms with van der Waals surface area (Å²) in [4.78, 5) is 10.4. The molecule has 0 aliphatic heterocycles. The van der Waals surface area contributed by atoms with Gasteiger partial charge in [0.2, 0.25) is 0 Å². The van der Waals surface area contributed by atoms with Gasteiger partial charge in [0.1, 0.15) is 11.5 Å². The van der Waals surface area contributed by atoms with Crippen LogP contribution in [0.15, 0.2) is 12.1 Å². The van der Waals surface area contributed by atoms with E-state index in [1.165, 1.54) is 6.07 Å². The smallest absolute Gasteiger partial charge is 0.295 e. The van der Waals surface area contributed by atoms with Crippen molar-refractivity contribution < 1.29 is 9.31 Å². The maximum absolute atomic E-state index is 13.4. The summed E-state index contributed by atoms with van der Waals surface area (Å²) in [6, 6.07) is 2.52. The molecule has 0 saturated heterocycles. The van der Waals surface area contributed by atoms with Crippen LogP contribution in [0.25, 0.3) is 0 Å². The molecule has 0 aromatic heterocycles. The van der Waals surface area contributed by atoms with Crippen LogP contribution in [0.5, 0.6) is 0 Å². The van der Waals surface area contributed by atoms with E-state index in [4.69, 9.17) is 0 Å². The number of nitro groups is 1. The molecule has 0 atom stereocenters. The number of nitrogens with zero attached hydrogens (tertiary/aromatic N) is 1. The summed E-state index contributed by atoms with van der Waals surface area (Å²) < 4.78 is 13.4. The molecule has 1 saturated carbocycles. The molecular weight excluding hydrogens is 235 g/mol. The molecule has 2 rings (SSSR count). The van der Waals surface area contributed by atoms with Crippen LogP contribution in [0.4, 0.5) is 15.8 Å². The Kier molecular flexibility index (Phi) is 3.24. The largest absolute Gasteiger partial charge is 0.374 e. The van der Waals surface area contributed by atoms with Gasteiger partial charge in [-0.1, -0.05) is 12.8 Å². The van der Waals surface area contributed by atoms with E-state index in [2.05, 4.69) is 12.2 Å². The number of hydrogen-bond acceptors (Lipinski definition) is 3. The lowest BCUT2D eigenvalue weighted by molar-refractivity contribution is -0.384. The van der Waals surface area contributed by atoms with E-state index < -0.39 is 10.7 Å². The molecule has 1 aliphatic carbocycles. The van der Waals surface area contributed by atoms with Crippen LogP contribution in [-0.4, -0.2) is 10.5 Å². The first-order valence-corrected chi connectivity index (χ1v) is 6.14. The molecule has 1 aromatic rings. The quantitative estimate of drug-likeness (QED) is 0.657. The van der Waals surface area contributed by atoms with Gasteiger partial charge in [-0.05, 0) is 38.3 Å². The van der Waals surface area contributed by atoms with E-state index in [-0.39, 0.29) is 11.2 Å². The number of benzene rings is 1. The van der Waals surface area contributed by atoms with Crippen LogP contribution in [0.1, 0.15) is 38.2 Å². The summed E-state index contributed by atoms with van der Waals surface area (Å²) in [5, 5.41) is 14.2. The fourth-order valence-corrected chi connectivity index (χ4v) is 2.53. The van der Waals surface area contributed by atoms with Crippen molar-refractivity contribution in [2.75, 3.05) is 5.32 Å². The minimum atomic E-state index is -0.539. The molecule has 98 valence electrons. The lowest BCUT2D eigenvalue weighted by Crippen LogP contribution is -2.31. The molecule has 18 heavy (non-hydrogen) atoms. The second kappa shape index (κ2) is 4.55. The van der Waals surface area contributed by atoms with Crippen molar-refractivity contribution in [1.29, 1.82) is 0 Å². The van der Waals surface area contributed by atoms with E-state index in [1.54, 1.807) is 6.92 Å². The van der Waals surface area contributed by atoms with Crippen LogP contribution in [-0.2, 0) is 0 Å². The number of nitro benzene ring substituents is 1. The molecule has 0 spiro atoms. The maximum atomic E-state index is 13.4. The minimum Gasteiger partial charge on any atom is -0.374 e. The number of nitrogens with one attached hydrogen (secondary N) is 1. The standard InChI is InChI=1S/C13H17FN2O2/c1-9-7-11(12(16(17)18)8-10(9)14)15-13(2)5-3-4-6-13/h7-8,15H,3-6H2,1-2H3. The summed E-state index contributed by atoms with van der Waals surface area (Å²) in [7, 11) is 0. The van der Waals surface area contributed by atoms with Crippen molar-refractivity contribution in [3.8, 4) is 0 Å². The van der Waals surface area contributed by atoms with Crippen LogP contribution >= 0.6 is 0 Å². The van der Waals surface area contributed by atoms with Crippen LogP contribution in [0, 0.1) is 22.9 Å². The molecule has 1 N–H and O–H groups in total. The summed E-state index contributed by atoms with van der Waals surface area (Å²) >= 11 is 0. The summed E-state index contributed by atoms with van der Waals surface area (Å²) in [5.41, 5.74) is 0.536. The highest BCUT2D eigenvalue weighted by Gasteiger charge is 2.30. The van der Waals surface area contributed by atoms with Gasteiger partial charge in [0.25, 0.3) is 5.69 Å². The topological polar surface area (TPSA) is 55.2 Å². The van der Waals surface area contributed by atoms with Gasteiger partial charge in [-0.15, -0.1) is 0 Å². The average Bonchev–Trinajstić information content (AvgIpc) is 2.69. The Balaban J connectivity index is 2.36. The highest BCUT2D eigenvalue weighted by atomic mass is 19.1. The fourth-order valence-electron chi connectivity index (χ4n) is 2.53. The van der Waals surface area contributed by atoms with Crippen molar-refractivity contribution in [3.05, 3.63) is 33.6 Å². The van der Waals surface area contributed by atoms with Crippen LogP contribution in [0.3, 0.4) is 0 Å². The second-order valence-corrected chi connectivity index (χ2v) is 5.27. The molecule has 1 fully saturated rings. The van der Waals surface area contributed by atoms with Crippen molar-refractivity contribution in [2.24, 2.45) is 0 Å². The Morgan fingerprint density at radius 2 is 2.00 bits per heavy atom. The number of hydrogen-bond donors (Lipinski definition) is 1. The van der Waals surface area contributed by atoms with Gasteiger partial charge in [-0.2, -0.15) is 0 Å². The minimum absolute atomic E-state index is 0.116. The molecule has 4 nitrogen and oxygen atoms in total. The predicted molar refractivity (Wildman–Crippen MR) is 68.3 cm³/mol. The first-order chi connectivity index (χ1) is 8.41. The Morgan fingerprint density at radius 1 is 1.39 bits per heavy atom. The van der Waals surface area contributed by atoms with E-state index in [0.29, 0.717) is 11.3 Å². The van der Waals surface area contributed by atoms with Crippen molar-refractivity contribution in [3.63, 3.8) is 0 Å². The highest BCUT2D eigenvalue weighted by molar-refractivity contribution is 5.64. The SMILES string of the molecule is Cc1cc(NC2(C)CCCC2)c([N+](=O)[O-])cc1F. The monoisotopic (exact) mass is 252 g/mol. The third kappa shape index (κ3) is 2.44. The molecule has 0 heterocycles. The Hall–Kier alpha value is -1.65. The third-order valence-electron chi connectivity index (χ3n) is 3.62. The van der Waals surface area contributed by atoms with Gasteiger partial charge in [0.15, 0.2) is 0 Å². The van der Waals surface area contributed by atoms with Gasteiger partial charge in [0.05, 0.1) is 11.0 Å². The zero-order valence-electron chi connectivity index (χ0n) is 10.6. The third-order valence-corrected chi connectivity index (χ3v) is 3.62. The molecular formula is C13H17FN2O2. The van der Waals surface area contributed by atoms with E-state index in [0.717, 1.165) is 31.7 Å². The van der Waals surface area contributed by atoms with Crippen molar-refractivity contribution in [2.45, 2.75) is 45.1 Å². The van der Waals surface area contributed by atoms with Gasteiger partial charge in [-0.25, -0.2) is 4.39 Å². The van der Waals surface area contributed by atoms with Gasteiger partial charge in [-0.3, -0.25) is 10.1 Å². The number of halogens is 1. The maximum Gasteiger partial charge on any atom is 0.295 e. The van der Waals surface area contributed by atoms with E-state index in [9.17, 15) is 14.5 Å².